The second-order valence-corrected chi connectivity index (χ2v) is 3.94. The lowest BCUT2D eigenvalue weighted by atomic mass is 10.3. The van der Waals surface area contributed by atoms with Crippen LogP contribution in [0.15, 0.2) is 16.6 Å². The van der Waals surface area contributed by atoms with Gasteiger partial charge in [-0.05, 0) is 50.7 Å². The van der Waals surface area contributed by atoms with Gasteiger partial charge in [-0.1, -0.05) is 0 Å². The van der Waals surface area contributed by atoms with Crippen LogP contribution < -0.4 is 4.74 Å². The normalized spacial score (nSPS) is 9.82. The predicted molar refractivity (Wildman–Crippen MR) is 53.4 cm³/mol. The fourth-order valence-electron chi connectivity index (χ4n) is 0.681. The first-order chi connectivity index (χ1) is 5.15. The van der Waals surface area contributed by atoms with Crippen molar-refractivity contribution >= 4 is 38.5 Å². The van der Waals surface area contributed by atoms with Crippen LogP contribution in [-0.2, 0) is 0 Å². The lowest BCUT2D eigenvalue weighted by Crippen LogP contribution is -1.88. The Hall–Kier alpha value is 0.160. The minimum atomic E-state index is -0.297. The molecule has 0 saturated heterocycles. The van der Waals surface area contributed by atoms with Gasteiger partial charge in [-0.3, -0.25) is 0 Å². The summed E-state index contributed by atoms with van der Waals surface area (Å²) in [6.07, 6.45) is 0. The minimum absolute atomic E-state index is 0.297. The number of methoxy groups -OCH3 is 1. The van der Waals surface area contributed by atoms with E-state index in [1.54, 1.807) is 6.07 Å². The van der Waals surface area contributed by atoms with Gasteiger partial charge < -0.3 is 4.74 Å². The molecule has 0 aromatic heterocycles. The first-order valence-electron chi connectivity index (χ1n) is 2.83. The maximum absolute atomic E-state index is 12.9. The molecule has 0 aliphatic carbocycles. The Kier molecular flexibility index (Phi) is 3.12. The smallest absolute Gasteiger partial charge is 0.142 e. The predicted octanol–water partition coefficient (Wildman–Crippen LogP) is 3.20. The Morgan fingerprint density at radius 2 is 2.18 bits per heavy atom. The molecule has 1 rings (SSSR count). The molecule has 0 heterocycles. The van der Waals surface area contributed by atoms with Crippen molar-refractivity contribution in [3.05, 3.63) is 26.0 Å². The quantitative estimate of drug-likeness (QED) is 0.567. The Morgan fingerprint density at radius 3 is 2.73 bits per heavy atom. The van der Waals surface area contributed by atoms with Gasteiger partial charge in [-0.2, -0.15) is 0 Å². The monoisotopic (exact) mass is 330 g/mol. The molecular formula is C7H5BrFIO. The average Bonchev–Trinajstić information content (AvgIpc) is 1.96. The van der Waals surface area contributed by atoms with Crippen LogP contribution in [0, 0.1) is 9.39 Å². The van der Waals surface area contributed by atoms with E-state index in [0.29, 0.717) is 10.2 Å². The van der Waals surface area contributed by atoms with Crippen LogP contribution in [0.25, 0.3) is 0 Å². The molecule has 0 bridgehead atoms. The van der Waals surface area contributed by atoms with E-state index in [1.807, 2.05) is 22.6 Å². The number of hydrogen-bond donors (Lipinski definition) is 0. The van der Waals surface area contributed by atoms with Crippen LogP contribution in [0.5, 0.6) is 5.75 Å². The van der Waals surface area contributed by atoms with E-state index >= 15 is 0 Å². The van der Waals surface area contributed by atoms with Crippen LogP contribution >= 0.6 is 38.5 Å². The molecule has 60 valence electrons. The van der Waals surface area contributed by atoms with Crippen LogP contribution in [-0.4, -0.2) is 7.11 Å². The Morgan fingerprint density at radius 1 is 1.55 bits per heavy atom. The second kappa shape index (κ2) is 3.71. The molecule has 1 nitrogen and oxygen atoms in total. The Balaban J connectivity index is 3.24. The number of hydrogen-bond acceptors (Lipinski definition) is 1. The van der Waals surface area contributed by atoms with Gasteiger partial charge in [0.05, 0.1) is 11.6 Å². The lowest BCUT2D eigenvalue weighted by molar-refractivity contribution is 0.407. The zero-order valence-corrected chi connectivity index (χ0v) is 9.44. The van der Waals surface area contributed by atoms with Gasteiger partial charge in [0, 0.05) is 3.57 Å². The molecule has 0 saturated carbocycles. The third kappa shape index (κ3) is 2.05. The van der Waals surface area contributed by atoms with Gasteiger partial charge in [-0.15, -0.1) is 0 Å². The van der Waals surface area contributed by atoms with Gasteiger partial charge in [0.1, 0.15) is 11.6 Å². The van der Waals surface area contributed by atoms with E-state index in [9.17, 15) is 4.39 Å². The zero-order valence-electron chi connectivity index (χ0n) is 5.70. The van der Waals surface area contributed by atoms with E-state index in [-0.39, 0.29) is 5.82 Å². The number of ether oxygens (including phenoxy) is 1. The molecule has 0 aliphatic heterocycles. The standard InChI is InChI=1S/C7H5BrFIO/c1-11-6-3-4(10)2-5(9)7(6)8/h2-3H,1H3. The molecule has 4 heteroatoms. The minimum Gasteiger partial charge on any atom is -0.495 e. The number of halogens is 3. The van der Waals surface area contributed by atoms with E-state index < -0.39 is 0 Å². The fraction of sp³-hybridized carbons (Fsp3) is 0.143. The Bertz CT molecular complexity index is 277. The summed E-state index contributed by atoms with van der Waals surface area (Å²) in [5, 5.41) is 0. The molecule has 0 aliphatic rings. The van der Waals surface area contributed by atoms with Crippen LogP contribution in [0.4, 0.5) is 4.39 Å². The van der Waals surface area contributed by atoms with Crippen molar-refractivity contribution in [2.75, 3.05) is 7.11 Å². The maximum Gasteiger partial charge on any atom is 0.142 e. The summed E-state index contributed by atoms with van der Waals surface area (Å²) in [5.41, 5.74) is 0. The summed E-state index contributed by atoms with van der Waals surface area (Å²) in [6, 6.07) is 3.20. The third-order valence-corrected chi connectivity index (χ3v) is 2.57. The highest BCUT2D eigenvalue weighted by molar-refractivity contribution is 14.1. The summed E-state index contributed by atoms with van der Waals surface area (Å²) in [5.74, 6) is 0.225. The number of rotatable bonds is 1. The topological polar surface area (TPSA) is 9.23 Å². The highest BCUT2D eigenvalue weighted by Crippen LogP contribution is 2.29. The Labute approximate surface area is 86.2 Å². The molecule has 1 aromatic rings. The SMILES string of the molecule is COc1cc(I)cc(F)c1Br. The third-order valence-electron chi connectivity index (χ3n) is 1.18. The van der Waals surface area contributed by atoms with E-state index in [4.69, 9.17) is 4.74 Å². The molecule has 0 spiro atoms. The molecule has 0 radical (unpaired) electrons. The lowest BCUT2D eigenvalue weighted by Gasteiger charge is -2.03. The van der Waals surface area contributed by atoms with Gasteiger partial charge in [0.15, 0.2) is 0 Å². The average molecular weight is 331 g/mol. The molecule has 11 heavy (non-hydrogen) atoms. The van der Waals surface area contributed by atoms with E-state index in [0.717, 1.165) is 3.57 Å². The summed E-state index contributed by atoms with van der Waals surface area (Å²) in [4.78, 5) is 0. The molecule has 1 aromatic carbocycles. The first kappa shape index (κ1) is 9.25. The molecule has 0 unspecified atom stereocenters. The van der Waals surface area contributed by atoms with Crippen molar-refractivity contribution in [1.29, 1.82) is 0 Å². The highest BCUT2D eigenvalue weighted by atomic mass is 127. The highest BCUT2D eigenvalue weighted by Gasteiger charge is 2.06. The zero-order chi connectivity index (χ0) is 8.43. The van der Waals surface area contributed by atoms with Crippen molar-refractivity contribution < 1.29 is 9.13 Å². The fourth-order valence-corrected chi connectivity index (χ4v) is 1.63. The van der Waals surface area contributed by atoms with Gasteiger partial charge >= 0.3 is 0 Å². The van der Waals surface area contributed by atoms with Gasteiger partial charge in [0.25, 0.3) is 0 Å². The van der Waals surface area contributed by atoms with Crippen molar-refractivity contribution in [2.24, 2.45) is 0 Å². The summed E-state index contributed by atoms with van der Waals surface area (Å²) < 4.78 is 19.0. The van der Waals surface area contributed by atoms with Crippen LogP contribution in [0.1, 0.15) is 0 Å². The van der Waals surface area contributed by atoms with Crippen molar-refractivity contribution in [3.8, 4) is 5.75 Å². The second-order valence-electron chi connectivity index (χ2n) is 1.90. The number of benzene rings is 1. The van der Waals surface area contributed by atoms with E-state index in [1.165, 1.54) is 13.2 Å². The van der Waals surface area contributed by atoms with Crippen LogP contribution in [0.3, 0.4) is 0 Å². The van der Waals surface area contributed by atoms with Crippen molar-refractivity contribution in [2.45, 2.75) is 0 Å². The van der Waals surface area contributed by atoms with Crippen molar-refractivity contribution in [3.63, 3.8) is 0 Å². The molecule has 0 atom stereocenters. The molecule has 0 N–H and O–H groups in total. The summed E-state index contributed by atoms with van der Waals surface area (Å²) in [7, 11) is 1.51. The molecule has 0 fully saturated rings. The maximum atomic E-state index is 12.9. The van der Waals surface area contributed by atoms with Gasteiger partial charge in [-0.25, -0.2) is 4.39 Å². The summed E-state index contributed by atoms with van der Waals surface area (Å²) in [6.45, 7) is 0. The van der Waals surface area contributed by atoms with Gasteiger partial charge in [0.2, 0.25) is 0 Å². The summed E-state index contributed by atoms with van der Waals surface area (Å²) >= 11 is 5.10. The molecule has 0 amide bonds. The van der Waals surface area contributed by atoms with Crippen molar-refractivity contribution in [1.82, 2.24) is 0 Å². The van der Waals surface area contributed by atoms with Crippen LogP contribution in [0.2, 0.25) is 0 Å². The molecular weight excluding hydrogens is 326 g/mol. The van der Waals surface area contributed by atoms with E-state index in [2.05, 4.69) is 15.9 Å². The largest absolute Gasteiger partial charge is 0.495 e. The first-order valence-corrected chi connectivity index (χ1v) is 4.71.